The van der Waals surface area contributed by atoms with Gasteiger partial charge in [0.15, 0.2) is 5.13 Å². The van der Waals surface area contributed by atoms with Crippen molar-refractivity contribution < 1.29 is 0 Å². The molecule has 2 rings (SSSR count). The number of rotatable bonds is 4. The van der Waals surface area contributed by atoms with Crippen LogP contribution in [0.2, 0.25) is 0 Å². The molecule has 1 aliphatic carbocycles. The summed E-state index contributed by atoms with van der Waals surface area (Å²) >= 11 is 7.07. The van der Waals surface area contributed by atoms with E-state index in [0.29, 0.717) is 4.75 Å². The first-order chi connectivity index (χ1) is 7.74. The highest BCUT2D eigenvalue weighted by atomic mass is 79.9. The molecule has 1 aliphatic rings. The van der Waals surface area contributed by atoms with E-state index in [1.807, 2.05) is 17.1 Å². The van der Waals surface area contributed by atoms with Gasteiger partial charge in [0.25, 0.3) is 0 Å². The fraction of sp³-hybridized carbons (Fsp3) is 0.727. The van der Waals surface area contributed by atoms with Crippen LogP contribution in [0.3, 0.4) is 0 Å². The average Bonchev–Trinajstić information content (AvgIpc) is 2.74. The zero-order valence-corrected chi connectivity index (χ0v) is 12.7. The Hall–Kier alpha value is 0.260. The van der Waals surface area contributed by atoms with Crippen LogP contribution in [0.4, 0.5) is 5.13 Å². The molecule has 0 spiro atoms. The van der Waals surface area contributed by atoms with Gasteiger partial charge in [0.05, 0.1) is 0 Å². The first-order valence-electron chi connectivity index (χ1n) is 5.64. The van der Waals surface area contributed by atoms with Gasteiger partial charge in [-0.05, 0) is 35.0 Å². The van der Waals surface area contributed by atoms with Crippen molar-refractivity contribution in [1.82, 2.24) is 4.98 Å². The number of thiazole rings is 1. The standard InChI is InChI=1S/C11H17BrN2S2/c1-15-11(5-3-2-4-6-11)8-13-10-14-9(12)7-16-10/h7H,2-6,8H2,1H3,(H,13,14). The molecule has 1 heterocycles. The Balaban J connectivity index is 1.91. The van der Waals surface area contributed by atoms with E-state index in [-0.39, 0.29) is 0 Å². The molecule has 1 aromatic heterocycles. The summed E-state index contributed by atoms with van der Waals surface area (Å²) in [6.45, 7) is 1.05. The third-order valence-corrected chi connectivity index (χ3v) is 6.16. The molecule has 1 aromatic rings. The molecule has 1 N–H and O–H groups in total. The molecule has 0 bridgehead atoms. The fourth-order valence-electron chi connectivity index (χ4n) is 2.22. The van der Waals surface area contributed by atoms with Crippen molar-refractivity contribution >= 4 is 44.2 Å². The lowest BCUT2D eigenvalue weighted by Crippen LogP contribution is -2.35. The topological polar surface area (TPSA) is 24.9 Å². The van der Waals surface area contributed by atoms with Crippen LogP contribution in [0.5, 0.6) is 0 Å². The van der Waals surface area contributed by atoms with E-state index in [1.165, 1.54) is 32.1 Å². The van der Waals surface area contributed by atoms with E-state index in [0.717, 1.165) is 16.3 Å². The second-order valence-corrected chi connectivity index (χ2v) is 7.22. The largest absolute Gasteiger partial charge is 0.360 e. The summed E-state index contributed by atoms with van der Waals surface area (Å²) in [4.78, 5) is 4.38. The van der Waals surface area contributed by atoms with Gasteiger partial charge in [0, 0.05) is 16.7 Å². The SMILES string of the molecule is CSC1(CNc2nc(Br)cs2)CCCCC1. The Bertz CT molecular complexity index is 334. The van der Waals surface area contributed by atoms with E-state index in [4.69, 9.17) is 0 Å². The van der Waals surface area contributed by atoms with Crippen LogP contribution in [0.15, 0.2) is 9.98 Å². The van der Waals surface area contributed by atoms with Gasteiger partial charge in [-0.2, -0.15) is 11.8 Å². The molecule has 0 radical (unpaired) electrons. The molecule has 5 heteroatoms. The molecule has 2 nitrogen and oxygen atoms in total. The Labute approximate surface area is 114 Å². The van der Waals surface area contributed by atoms with Crippen LogP contribution in [0.25, 0.3) is 0 Å². The zero-order chi connectivity index (χ0) is 11.4. The van der Waals surface area contributed by atoms with Gasteiger partial charge in [0.2, 0.25) is 0 Å². The Morgan fingerprint density at radius 1 is 1.50 bits per heavy atom. The number of nitrogens with one attached hydrogen (secondary N) is 1. The highest BCUT2D eigenvalue weighted by Gasteiger charge is 2.30. The van der Waals surface area contributed by atoms with Crippen molar-refractivity contribution in [3.8, 4) is 0 Å². The molecule has 0 aromatic carbocycles. The van der Waals surface area contributed by atoms with E-state index < -0.39 is 0 Å². The summed E-state index contributed by atoms with van der Waals surface area (Å²) in [6.07, 6.45) is 9.09. The van der Waals surface area contributed by atoms with Crippen molar-refractivity contribution in [3.05, 3.63) is 9.98 Å². The van der Waals surface area contributed by atoms with Crippen molar-refractivity contribution in [1.29, 1.82) is 0 Å². The predicted octanol–water partition coefficient (Wildman–Crippen LogP) is 4.38. The van der Waals surface area contributed by atoms with Crippen molar-refractivity contribution in [3.63, 3.8) is 0 Å². The van der Waals surface area contributed by atoms with E-state index in [1.54, 1.807) is 11.3 Å². The normalized spacial score (nSPS) is 19.6. The third-order valence-electron chi connectivity index (χ3n) is 3.24. The summed E-state index contributed by atoms with van der Waals surface area (Å²) < 4.78 is 1.37. The maximum atomic E-state index is 4.38. The van der Waals surface area contributed by atoms with E-state index in [9.17, 15) is 0 Å². The zero-order valence-electron chi connectivity index (χ0n) is 9.46. The minimum Gasteiger partial charge on any atom is -0.360 e. The molecular formula is C11H17BrN2S2. The van der Waals surface area contributed by atoms with Gasteiger partial charge in [-0.3, -0.25) is 0 Å². The first-order valence-corrected chi connectivity index (χ1v) is 8.54. The van der Waals surface area contributed by atoms with Gasteiger partial charge < -0.3 is 5.32 Å². The molecule has 0 atom stereocenters. The molecule has 0 aliphatic heterocycles. The average molecular weight is 321 g/mol. The number of anilines is 1. The number of thioether (sulfide) groups is 1. The van der Waals surface area contributed by atoms with Gasteiger partial charge in [-0.25, -0.2) is 4.98 Å². The van der Waals surface area contributed by atoms with Crippen LogP contribution in [0, 0.1) is 0 Å². The number of aromatic nitrogens is 1. The second kappa shape index (κ2) is 5.74. The highest BCUT2D eigenvalue weighted by Crippen LogP contribution is 2.38. The van der Waals surface area contributed by atoms with Gasteiger partial charge in [-0.1, -0.05) is 19.3 Å². The number of halogens is 1. The van der Waals surface area contributed by atoms with E-state index >= 15 is 0 Å². The lowest BCUT2D eigenvalue weighted by Gasteiger charge is -2.35. The quantitative estimate of drug-likeness (QED) is 0.890. The summed E-state index contributed by atoms with van der Waals surface area (Å²) in [5.41, 5.74) is 0. The van der Waals surface area contributed by atoms with Crippen LogP contribution in [-0.4, -0.2) is 22.5 Å². The number of hydrogen-bond acceptors (Lipinski definition) is 4. The predicted molar refractivity (Wildman–Crippen MR) is 77.6 cm³/mol. The number of hydrogen-bond donors (Lipinski definition) is 1. The maximum Gasteiger partial charge on any atom is 0.183 e. The van der Waals surface area contributed by atoms with Gasteiger partial charge in [0.1, 0.15) is 4.60 Å². The van der Waals surface area contributed by atoms with Crippen molar-refractivity contribution in [2.45, 2.75) is 36.9 Å². The molecule has 1 fully saturated rings. The Morgan fingerprint density at radius 3 is 2.81 bits per heavy atom. The number of nitrogens with zero attached hydrogens (tertiary/aromatic N) is 1. The van der Waals surface area contributed by atoms with Crippen molar-refractivity contribution in [2.24, 2.45) is 0 Å². The Morgan fingerprint density at radius 2 is 2.25 bits per heavy atom. The summed E-state index contributed by atoms with van der Waals surface area (Å²) in [5.74, 6) is 0. The fourth-order valence-corrected chi connectivity index (χ4v) is 4.28. The minimum absolute atomic E-state index is 0.441. The van der Waals surface area contributed by atoms with Crippen molar-refractivity contribution in [2.75, 3.05) is 18.1 Å². The summed E-state index contributed by atoms with van der Waals surface area (Å²) in [6, 6.07) is 0. The van der Waals surface area contributed by atoms with Crippen LogP contribution in [-0.2, 0) is 0 Å². The molecule has 16 heavy (non-hydrogen) atoms. The third kappa shape index (κ3) is 3.14. The highest BCUT2D eigenvalue weighted by molar-refractivity contribution is 9.10. The smallest absolute Gasteiger partial charge is 0.183 e. The van der Waals surface area contributed by atoms with Gasteiger partial charge >= 0.3 is 0 Å². The Kier molecular flexibility index (Phi) is 4.56. The summed E-state index contributed by atoms with van der Waals surface area (Å²) in [7, 11) is 0. The second-order valence-electron chi connectivity index (χ2n) is 4.28. The molecular weight excluding hydrogens is 304 g/mol. The molecule has 90 valence electrons. The molecule has 0 unspecified atom stereocenters. The lowest BCUT2D eigenvalue weighted by atomic mass is 9.88. The van der Waals surface area contributed by atoms with Crippen LogP contribution in [0.1, 0.15) is 32.1 Å². The molecule has 0 saturated heterocycles. The maximum absolute atomic E-state index is 4.38. The lowest BCUT2D eigenvalue weighted by molar-refractivity contribution is 0.411. The minimum atomic E-state index is 0.441. The van der Waals surface area contributed by atoms with E-state index in [2.05, 4.69) is 32.5 Å². The van der Waals surface area contributed by atoms with Crippen LogP contribution < -0.4 is 5.32 Å². The van der Waals surface area contributed by atoms with Crippen LogP contribution >= 0.6 is 39.0 Å². The monoisotopic (exact) mass is 320 g/mol. The van der Waals surface area contributed by atoms with Gasteiger partial charge in [-0.15, -0.1) is 11.3 Å². The molecule has 1 saturated carbocycles. The molecule has 0 amide bonds. The first kappa shape index (κ1) is 12.7. The summed E-state index contributed by atoms with van der Waals surface area (Å²) in [5, 5.41) is 6.54.